The molecule has 20 heavy (non-hydrogen) atoms. The van der Waals surface area contributed by atoms with Gasteiger partial charge in [0.15, 0.2) is 0 Å². The Morgan fingerprint density at radius 2 is 2.20 bits per heavy atom. The minimum Gasteiger partial charge on any atom is -0.349 e. The first-order valence-electron chi connectivity index (χ1n) is 6.57. The first kappa shape index (κ1) is 14.8. The molecule has 1 aromatic carbocycles. The highest BCUT2D eigenvalue weighted by Crippen LogP contribution is 2.29. The maximum absolute atomic E-state index is 12.6. The van der Waals surface area contributed by atoms with Gasteiger partial charge in [0.1, 0.15) is 0 Å². The molecule has 0 bridgehead atoms. The Morgan fingerprint density at radius 1 is 1.45 bits per heavy atom. The Labute approximate surface area is 115 Å². The van der Waals surface area contributed by atoms with E-state index in [0.717, 1.165) is 31.6 Å². The number of halogens is 3. The Balaban J connectivity index is 2.05. The van der Waals surface area contributed by atoms with Crippen LogP contribution in [-0.4, -0.2) is 25.0 Å². The van der Waals surface area contributed by atoms with Crippen molar-refractivity contribution in [2.75, 3.05) is 13.1 Å². The maximum atomic E-state index is 12.6. The van der Waals surface area contributed by atoms with Crippen molar-refractivity contribution >= 4 is 5.91 Å². The van der Waals surface area contributed by atoms with E-state index in [1.165, 1.54) is 12.1 Å². The first-order chi connectivity index (χ1) is 9.38. The zero-order valence-corrected chi connectivity index (χ0v) is 11.1. The number of benzene rings is 1. The van der Waals surface area contributed by atoms with Crippen LogP contribution in [0, 0.1) is 5.92 Å². The summed E-state index contributed by atoms with van der Waals surface area (Å²) in [4.78, 5) is 12.0. The van der Waals surface area contributed by atoms with Gasteiger partial charge in [-0.05, 0) is 50.6 Å². The normalized spacial score (nSPS) is 20.7. The summed E-state index contributed by atoms with van der Waals surface area (Å²) in [7, 11) is 0. The minimum absolute atomic E-state index is 0.0395. The molecule has 110 valence electrons. The number of hydrogen-bond acceptors (Lipinski definition) is 2. The van der Waals surface area contributed by atoms with E-state index in [2.05, 4.69) is 10.6 Å². The van der Waals surface area contributed by atoms with Crippen molar-refractivity contribution in [2.24, 2.45) is 5.92 Å². The van der Waals surface area contributed by atoms with Crippen molar-refractivity contribution in [2.45, 2.75) is 25.6 Å². The van der Waals surface area contributed by atoms with Crippen LogP contribution < -0.4 is 10.6 Å². The average Bonchev–Trinajstić information content (AvgIpc) is 2.91. The van der Waals surface area contributed by atoms with E-state index in [0.29, 0.717) is 5.92 Å². The minimum atomic E-state index is -4.43. The molecule has 2 atom stereocenters. The standard InChI is InChI=1S/C14H17F3N2O/c1-9(11-5-6-18-8-11)19-13(20)10-3-2-4-12(7-10)14(15,16)17/h2-4,7,9,11,18H,5-6,8H2,1H3,(H,19,20). The lowest BCUT2D eigenvalue weighted by atomic mass is 10.00. The molecular weight excluding hydrogens is 269 g/mol. The van der Waals surface area contributed by atoms with E-state index in [1.54, 1.807) is 0 Å². The highest BCUT2D eigenvalue weighted by molar-refractivity contribution is 5.94. The van der Waals surface area contributed by atoms with Crippen LogP contribution in [0.5, 0.6) is 0 Å². The van der Waals surface area contributed by atoms with Gasteiger partial charge >= 0.3 is 6.18 Å². The number of carbonyl (C=O) groups is 1. The smallest absolute Gasteiger partial charge is 0.349 e. The summed E-state index contributed by atoms with van der Waals surface area (Å²) in [6.07, 6.45) is -3.47. The van der Waals surface area contributed by atoms with Crippen LogP contribution in [0.1, 0.15) is 29.3 Å². The molecule has 1 aliphatic heterocycles. The molecule has 1 aromatic rings. The largest absolute Gasteiger partial charge is 0.416 e. The molecule has 0 spiro atoms. The summed E-state index contributed by atoms with van der Waals surface area (Å²) >= 11 is 0. The summed E-state index contributed by atoms with van der Waals surface area (Å²) in [6, 6.07) is 4.42. The van der Waals surface area contributed by atoms with Gasteiger partial charge in [0.05, 0.1) is 5.56 Å². The lowest BCUT2D eigenvalue weighted by molar-refractivity contribution is -0.137. The summed E-state index contributed by atoms with van der Waals surface area (Å²) in [5.41, 5.74) is -0.766. The van der Waals surface area contributed by atoms with Gasteiger partial charge in [0.25, 0.3) is 5.91 Å². The highest BCUT2D eigenvalue weighted by Gasteiger charge is 2.31. The zero-order chi connectivity index (χ0) is 14.8. The molecule has 1 amide bonds. The third-order valence-corrected chi connectivity index (χ3v) is 3.62. The average molecular weight is 286 g/mol. The molecule has 3 nitrogen and oxygen atoms in total. The molecule has 0 aliphatic carbocycles. The van der Waals surface area contributed by atoms with E-state index >= 15 is 0 Å². The second kappa shape index (κ2) is 5.83. The molecule has 1 saturated heterocycles. The van der Waals surface area contributed by atoms with Crippen molar-refractivity contribution in [1.29, 1.82) is 0 Å². The number of rotatable bonds is 3. The van der Waals surface area contributed by atoms with Crippen LogP contribution >= 0.6 is 0 Å². The van der Waals surface area contributed by atoms with Gasteiger partial charge in [-0.25, -0.2) is 0 Å². The molecule has 1 aliphatic rings. The van der Waals surface area contributed by atoms with Crippen LogP contribution in [0.4, 0.5) is 13.2 Å². The fourth-order valence-electron chi connectivity index (χ4n) is 2.35. The Morgan fingerprint density at radius 3 is 2.80 bits per heavy atom. The van der Waals surface area contributed by atoms with Gasteiger partial charge in [0, 0.05) is 11.6 Å². The van der Waals surface area contributed by atoms with Gasteiger partial charge < -0.3 is 10.6 Å². The number of carbonyl (C=O) groups excluding carboxylic acids is 1. The van der Waals surface area contributed by atoms with Crippen LogP contribution in [-0.2, 0) is 6.18 Å². The van der Waals surface area contributed by atoms with E-state index in [4.69, 9.17) is 0 Å². The fraction of sp³-hybridized carbons (Fsp3) is 0.500. The van der Waals surface area contributed by atoms with E-state index < -0.39 is 17.6 Å². The van der Waals surface area contributed by atoms with Gasteiger partial charge in [-0.15, -0.1) is 0 Å². The third-order valence-electron chi connectivity index (χ3n) is 3.62. The van der Waals surface area contributed by atoms with Crippen LogP contribution in [0.3, 0.4) is 0 Å². The lowest BCUT2D eigenvalue weighted by Crippen LogP contribution is -2.39. The lowest BCUT2D eigenvalue weighted by Gasteiger charge is -2.20. The quantitative estimate of drug-likeness (QED) is 0.896. The summed E-state index contributed by atoms with van der Waals surface area (Å²) < 4.78 is 37.8. The Kier molecular flexibility index (Phi) is 4.32. The van der Waals surface area contributed by atoms with Gasteiger partial charge in [0.2, 0.25) is 0 Å². The molecule has 6 heteroatoms. The second-order valence-electron chi connectivity index (χ2n) is 5.09. The van der Waals surface area contributed by atoms with Crippen molar-refractivity contribution in [1.82, 2.24) is 10.6 Å². The second-order valence-corrected chi connectivity index (χ2v) is 5.09. The highest BCUT2D eigenvalue weighted by atomic mass is 19.4. The molecule has 1 fully saturated rings. The number of nitrogens with one attached hydrogen (secondary N) is 2. The van der Waals surface area contributed by atoms with Crippen molar-refractivity contribution in [3.63, 3.8) is 0 Å². The van der Waals surface area contributed by atoms with Crippen LogP contribution in [0.25, 0.3) is 0 Å². The van der Waals surface area contributed by atoms with Gasteiger partial charge in [-0.3, -0.25) is 4.79 Å². The maximum Gasteiger partial charge on any atom is 0.416 e. The number of hydrogen-bond donors (Lipinski definition) is 2. The van der Waals surface area contributed by atoms with Gasteiger partial charge in [-0.1, -0.05) is 6.07 Å². The topological polar surface area (TPSA) is 41.1 Å². The van der Waals surface area contributed by atoms with E-state index in [1.807, 2.05) is 6.92 Å². The molecule has 2 rings (SSSR count). The van der Waals surface area contributed by atoms with Gasteiger partial charge in [-0.2, -0.15) is 13.2 Å². The van der Waals surface area contributed by atoms with E-state index in [9.17, 15) is 18.0 Å². The van der Waals surface area contributed by atoms with Crippen molar-refractivity contribution < 1.29 is 18.0 Å². The summed E-state index contributed by atoms with van der Waals surface area (Å²) in [5, 5.41) is 5.97. The van der Waals surface area contributed by atoms with E-state index in [-0.39, 0.29) is 11.6 Å². The summed E-state index contributed by atoms with van der Waals surface area (Å²) in [5.74, 6) is -0.139. The monoisotopic (exact) mass is 286 g/mol. The molecule has 0 aromatic heterocycles. The third kappa shape index (κ3) is 3.50. The molecule has 2 unspecified atom stereocenters. The SMILES string of the molecule is CC(NC(=O)c1cccc(C(F)(F)F)c1)C1CCNC1. The molecule has 1 heterocycles. The first-order valence-corrected chi connectivity index (χ1v) is 6.57. The zero-order valence-electron chi connectivity index (χ0n) is 11.1. The van der Waals surface area contributed by atoms with Crippen molar-refractivity contribution in [3.05, 3.63) is 35.4 Å². The Bertz CT molecular complexity index is 482. The van der Waals surface area contributed by atoms with Crippen molar-refractivity contribution in [3.8, 4) is 0 Å². The molecule has 0 radical (unpaired) electrons. The predicted molar refractivity (Wildman–Crippen MR) is 69.3 cm³/mol. The molecule has 0 saturated carbocycles. The van der Waals surface area contributed by atoms with Crippen LogP contribution in [0.15, 0.2) is 24.3 Å². The number of amides is 1. The summed E-state index contributed by atoms with van der Waals surface area (Å²) in [6.45, 7) is 3.61. The molecule has 2 N–H and O–H groups in total. The molecular formula is C14H17F3N2O. The predicted octanol–water partition coefficient (Wildman–Crippen LogP) is 2.43. The Hall–Kier alpha value is -1.56. The fourth-order valence-corrected chi connectivity index (χ4v) is 2.35. The number of alkyl halides is 3. The van der Waals surface area contributed by atoms with Crippen LogP contribution in [0.2, 0.25) is 0 Å².